The predicted octanol–water partition coefficient (Wildman–Crippen LogP) is 3.47. The molecule has 2 atom stereocenters. The fraction of sp³-hybridized carbons (Fsp3) is 1.00. The van der Waals surface area contributed by atoms with Gasteiger partial charge in [0.2, 0.25) is 0 Å². The van der Waals surface area contributed by atoms with Crippen molar-refractivity contribution in [2.75, 3.05) is 13.2 Å². The standard InChI is InChI=1S/C10H18Br2O2/c1-4-8(11)10(9(3,12)5-2)13-6-7-14-10/h8H,4-7H2,1-3H3. The molecule has 14 heavy (non-hydrogen) atoms. The highest BCUT2D eigenvalue weighted by Crippen LogP contribution is 2.46. The Labute approximate surface area is 103 Å². The van der Waals surface area contributed by atoms with Gasteiger partial charge < -0.3 is 9.47 Å². The first kappa shape index (κ1) is 12.9. The van der Waals surface area contributed by atoms with E-state index in [1.807, 2.05) is 0 Å². The van der Waals surface area contributed by atoms with E-state index in [-0.39, 0.29) is 9.15 Å². The van der Waals surface area contributed by atoms with Crippen LogP contribution in [0.5, 0.6) is 0 Å². The summed E-state index contributed by atoms with van der Waals surface area (Å²) < 4.78 is 11.5. The molecular weight excluding hydrogens is 312 g/mol. The summed E-state index contributed by atoms with van der Waals surface area (Å²) in [5.74, 6) is -0.517. The van der Waals surface area contributed by atoms with Gasteiger partial charge in [0.15, 0.2) is 5.79 Å². The van der Waals surface area contributed by atoms with Crippen LogP contribution in [0.4, 0.5) is 0 Å². The Bertz CT molecular complexity index is 189. The molecule has 1 fully saturated rings. The average Bonchev–Trinajstić information content (AvgIpc) is 2.66. The third kappa shape index (κ3) is 2.04. The first-order valence-corrected chi connectivity index (χ1v) is 6.82. The highest BCUT2D eigenvalue weighted by atomic mass is 79.9. The van der Waals surface area contributed by atoms with E-state index in [0.29, 0.717) is 13.2 Å². The molecule has 84 valence electrons. The van der Waals surface area contributed by atoms with Crippen molar-refractivity contribution >= 4 is 31.9 Å². The highest BCUT2D eigenvalue weighted by molar-refractivity contribution is 9.10. The van der Waals surface area contributed by atoms with Crippen molar-refractivity contribution in [1.82, 2.24) is 0 Å². The Morgan fingerprint density at radius 1 is 1.36 bits per heavy atom. The van der Waals surface area contributed by atoms with Crippen molar-refractivity contribution in [1.29, 1.82) is 0 Å². The van der Waals surface area contributed by atoms with E-state index in [1.54, 1.807) is 0 Å². The third-order valence-corrected chi connectivity index (χ3v) is 5.24. The van der Waals surface area contributed by atoms with Gasteiger partial charge in [0, 0.05) is 0 Å². The molecule has 0 N–H and O–H groups in total. The second-order valence-corrected chi connectivity index (χ2v) is 6.65. The molecule has 0 aromatic heterocycles. The zero-order valence-electron chi connectivity index (χ0n) is 8.98. The maximum Gasteiger partial charge on any atom is 0.196 e. The van der Waals surface area contributed by atoms with E-state index >= 15 is 0 Å². The van der Waals surface area contributed by atoms with E-state index in [9.17, 15) is 0 Å². The van der Waals surface area contributed by atoms with Gasteiger partial charge in [-0.25, -0.2) is 0 Å². The number of hydrogen-bond donors (Lipinski definition) is 0. The number of halogens is 2. The van der Waals surface area contributed by atoms with Crippen molar-refractivity contribution in [3.63, 3.8) is 0 Å². The van der Waals surface area contributed by atoms with Crippen molar-refractivity contribution < 1.29 is 9.47 Å². The SMILES string of the molecule is CCC(Br)C1(C(C)(Br)CC)OCCO1. The van der Waals surface area contributed by atoms with Crippen LogP contribution in [-0.2, 0) is 9.47 Å². The first-order valence-electron chi connectivity index (χ1n) is 5.11. The minimum Gasteiger partial charge on any atom is -0.345 e. The maximum atomic E-state index is 5.83. The molecule has 2 unspecified atom stereocenters. The van der Waals surface area contributed by atoms with E-state index in [0.717, 1.165) is 12.8 Å². The summed E-state index contributed by atoms with van der Waals surface area (Å²) in [6.07, 6.45) is 1.95. The molecular formula is C10H18Br2O2. The van der Waals surface area contributed by atoms with Crippen molar-refractivity contribution in [3.8, 4) is 0 Å². The minimum atomic E-state index is -0.517. The quantitative estimate of drug-likeness (QED) is 0.735. The van der Waals surface area contributed by atoms with E-state index in [4.69, 9.17) is 9.47 Å². The molecule has 1 aliphatic heterocycles. The lowest BCUT2D eigenvalue weighted by atomic mass is 9.93. The Hall–Kier alpha value is 0.880. The lowest BCUT2D eigenvalue weighted by Crippen LogP contribution is -2.54. The fourth-order valence-corrected chi connectivity index (χ4v) is 3.33. The molecule has 0 radical (unpaired) electrons. The van der Waals surface area contributed by atoms with Gasteiger partial charge in [0.1, 0.15) is 0 Å². The molecule has 0 aliphatic carbocycles. The van der Waals surface area contributed by atoms with Crippen molar-refractivity contribution in [2.45, 2.75) is 48.6 Å². The van der Waals surface area contributed by atoms with Crippen LogP contribution in [0.3, 0.4) is 0 Å². The average molecular weight is 330 g/mol. The van der Waals surface area contributed by atoms with Gasteiger partial charge in [0.05, 0.1) is 22.4 Å². The molecule has 2 nitrogen and oxygen atoms in total. The monoisotopic (exact) mass is 328 g/mol. The molecule has 1 aliphatic rings. The summed E-state index contributed by atoms with van der Waals surface area (Å²) in [7, 11) is 0. The van der Waals surface area contributed by atoms with Crippen LogP contribution < -0.4 is 0 Å². The summed E-state index contributed by atoms with van der Waals surface area (Å²) in [5.41, 5.74) is 0. The van der Waals surface area contributed by atoms with Crippen molar-refractivity contribution in [3.05, 3.63) is 0 Å². The second-order valence-electron chi connectivity index (χ2n) is 3.79. The summed E-state index contributed by atoms with van der Waals surface area (Å²) in [4.78, 5) is 0.224. The van der Waals surface area contributed by atoms with Crippen LogP contribution in [-0.4, -0.2) is 28.2 Å². The molecule has 0 spiro atoms. The van der Waals surface area contributed by atoms with Gasteiger partial charge in [-0.05, 0) is 19.8 Å². The van der Waals surface area contributed by atoms with Crippen LogP contribution in [0.1, 0.15) is 33.6 Å². The molecule has 0 aromatic carbocycles. The maximum absolute atomic E-state index is 5.83. The zero-order chi connectivity index (χ0) is 10.8. The topological polar surface area (TPSA) is 18.5 Å². The van der Waals surface area contributed by atoms with Crippen LogP contribution in [0.15, 0.2) is 0 Å². The molecule has 1 rings (SSSR count). The van der Waals surface area contributed by atoms with Crippen molar-refractivity contribution in [2.24, 2.45) is 0 Å². The van der Waals surface area contributed by atoms with E-state index in [2.05, 4.69) is 52.6 Å². The molecule has 0 saturated carbocycles. The Balaban J connectivity index is 2.92. The zero-order valence-corrected chi connectivity index (χ0v) is 12.2. The van der Waals surface area contributed by atoms with Crippen LogP contribution in [0.25, 0.3) is 0 Å². The second kappa shape index (κ2) is 4.81. The molecule has 1 saturated heterocycles. The summed E-state index contributed by atoms with van der Waals surface area (Å²) >= 11 is 7.38. The van der Waals surface area contributed by atoms with Crippen LogP contribution in [0, 0.1) is 0 Å². The molecule has 4 heteroatoms. The van der Waals surface area contributed by atoms with Gasteiger partial charge in [-0.15, -0.1) is 0 Å². The first-order chi connectivity index (χ1) is 6.50. The summed E-state index contributed by atoms with van der Waals surface area (Å²) in [6.45, 7) is 7.76. The number of hydrogen-bond acceptors (Lipinski definition) is 2. The third-order valence-electron chi connectivity index (χ3n) is 2.88. The molecule has 0 bridgehead atoms. The van der Waals surface area contributed by atoms with E-state index < -0.39 is 5.79 Å². The van der Waals surface area contributed by atoms with E-state index in [1.165, 1.54) is 0 Å². The van der Waals surface area contributed by atoms with Gasteiger partial charge in [0.25, 0.3) is 0 Å². The molecule has 0 amide bonds. The number of ether oxygens (including phenoxy) is 2. The lowest BCUT2D eigenvalue weighted by molar-refractivity contribution is -0.176. The molecule has 1 heterocycles. The summed E-state index contributed by atoms with van der Waals surface area (Å²) in [5, 5.41) is 0. The lowest BCUT2D eigenvalue weighted by Gasteiger charge is -2.43. The minimum absolute atomic E-state index is 0.138. The summed E-state index contributed by atoms with van der Waals surface area (Å²) in [6, 6.07) is 0. The normalized spacial score (nSPS) is 27.2. The Morgan fingerprint density at radius 2 is 1.86 bits per heavy atom. The smallest absolute Gasteiger partial charge is 0.196 e. The number of rotatable bonds is 4. The van der Waals surface area contributed by atoms with Gasteiger partial charge in [-0.2, -0.15) is 0 Å². The van der Waals surface area contributed by atoms with Gasteiger partial charge in [-0.3, -0.25) is 0 Å². The highest BCUT2D eigenvalue weighted by Gasteiger charge is 2.54. The number of alkyl halides is 2. The Kier molecular flexibility index (Phi) is 4.45. The van der Waals surface area contributed by atoms with Gasteiger partial charge in [-0.1, -0.05) is 45.7 Å². The van der Waals surface area contributed by atoms with Gasteiger partial charge >= 0.3 is 0 Å². The Morgan fingerprint density at radius 3 is 2.21 bits per heavy atom. The van der Waals surface area contributed by atoms with Crippen LogP contribution >= 0.6 is 31.9 Å². The fourth-order valence-electron chi connectivity index (χ4n) is 1.75. The largest absolute Gasteiger partial charge is 0.345 e. The molecule has 0 aromatic rings. The predicted molar refractivity (Wildman–Crippen MR) is 65.3 cm³/mol. The van der Waals surface area contributed by atoms with Crippen LogP contribution in [0.2, 0.25) is 0 Å².